The number of sulfonamides is 1. The molecule has 124 valence electrons. The molecule has 0 aromatic heterocycles. The summed E-state index contributed by atoms with van der Waals surface area (Å²) in [5.74, 6) is 0.410. The summed E-state index contributed by atoms with van der Waals surface area (Å²) in [6, 6.07) is 3.55. The molecule has 22 heavy (non-hydrogen) atoms. The lowest BCUT2D eigenvalue weighted by Crippen LogP contribution is -2.30. The molecule has 0 radical (unpaired) electrons. The number of hydrogen-bond donors (Lipinski definition) is 2. The van der Waals surface area contributed by atoms with E-state index >= 15 is 0 Å². The van der Waals surface area contributed by atoms with E-state index in [1.165, 1.54) is 7.11 Å². The van der Waals surface area contributed by atoms with Gasteiger partial charge in [-0.15, -0.1) is 12.4 Å². The molecule has 1 aliphatic rings. The van der Waals surface area contributed by atoms with Crippen LogP contribution in [0.15, 0.2) is 28.7 Å². The van der Waals surface area contributed by atoms with Crippen molar-refractivity contribution < 1.29 is 13.2 Å². The van der Waals surface area contributed by atoms with Gasteiger partial charge in [-0.05, 0) is 44.0 Å². The average molecular weight is 347 g/mol. The molecule has 0 unspecified atom stereocenters. The van der Waals surface area contributed by atoms with Crippen molar-refractivity contribution in [2.45, 2.75) is 25.2 Å². The van der Waals surface area contributed by atoms with Gasteiger partial charge in [-0.25, -0.2) is 13.1 Å². The molecule has 0 amide bonds. The summed E-state index contributed by atoms with van der Waals surface area (Å²) in [4.78, 5) is 0.206. The van der Waals surface area contributed by atoms with Crippen molar-refractivity contribution in [2.75, 3.05) is 26.7 Å². The van der Waals surface area contributed by atoms with Gasteiger partial charge in [0, 0.05) is 13.1 Å². The van der Waals surface area contributed by atoms with E-state index in [2.05, 4.69) is 10.0 Å². The molecule has 0 fully saturated rings. The maximum atomic E-state index is 12.5. The summed E-state index contributed by atoms with van der Waals surface area (Å²) in [6.07, 6.45) is 2.90. The van der Waals surface area contributed by atoms with Crippen LogP contribution in [0.3, 0.4) is 0 Å². The van der Waals surface area contributed by atoms with Gasteiger partial charge in [-0.2, -0.15) is 0 Å². The van der Waals surface area contributed by atoms with E-state index in [1.807, 2.05) is 26.0 Å². The van der Waals surface area contributed by atoms with Gasteiger partial charge in [0.05, 0.1) is 7.11 Å². The Morgan fingerprint density at radius 3 is 2.64 bits per heavy atom. The SMILES string of the molecule is COc1c(C)cc(C)cc1S(=O)(=O)NCC1=CCNCC1.Cl. The number of aryl methyl sites for hydroxylation is 2. The molecule has 0 aliphatic carbocycles. The largest absolute Gasteiger partial charge is 0.495 e. The lowest BCUT2D eigenvalue weighted by molar-refractivity contribution is 0.399. The highest BCUT2D eigenvalue weighted by Crippen LogP contribution is 2.29. The highest BCUT2D eigenvalue weighted by molar-refractivity contribution is 7.89. The van der Waals surface area contributed by atoms with Gasteiger partial charge < -0.3 is 10.1 Å². The Hall–Kier alpha value is -1.08. The Labute approximate surface area is 138 Å². The summed E-state index contributed by atoms with van der Waals surface area (Å²) in [5.41, 5.74) is 2.83. The molecular weight excluding hydrogens is 324 g/mol. The molecule has 2 N–H and O–H groups in total. The quantitative estimate of drug-likeness (QED) is 0.799. The Balaban J connectivity index is 0.00000242. The van der Waals surface area contributed by atoms with E-state index in [0.29, 0.717) is 12.3 Å². The summed E-state index contributed by atoms with van der Waals surface area (Å²) in [7, 11) is -2.09. The third-order valence-electron chi connectivity index (χ3n) is 3.53. The van der Waals surface area contributed by atoms with Crippen LogP contribution in [-0.4, -0.2) is 35.2 Å². The summed E-state index contributed by atoms with van der Waals surface area (Å²) in [6.45, 7) is 5.76. The first-order valence-electron chi connectivity index (χ1n) is 6.97. The number of ether oxygens (including phenoxy) is 1. The Kier molecular flexibility index (Phi) is 6.87. The molecule has 5 nitrogen and oxygen atoms in total. The zero-order chi connectivity index (χ0) is 15.5. The van der Waals surface area contributed by atoms with Crippen LogP contribution in [-0.2, 0) is 10.0 Å². The van der Waals surface area contributed by atoms with Crippen LogP contribution >= 0.6 is 12.4 Å². The minimum atomic E-state index is -3.58. The van der Waals surface area contributed by atoms with Gasteiger partial charge in [0.15, 0.2) is 0 Å². The van der Waals surface area contributed by atoms with Gasteiger partial charge in [-0.1, -0.05) is 17.7 Å². The molecule has 2 rings (SSSR count). The predicted octanol–water partition coefficient (Wildman–Crippen LogP) is 1.93. The molecule has 7 heteroatoms. The second kappa shape index (κ2) is 7.97. The lowest BCUT2D eigenvalue weighted by Gasteiger charge is -2.17. The van der Waals surface area contributed by atoms with Crippen molar-refractivity contribution in [1.82, 2.24) is 10.0 Å². The molecule has 0 bridgehead atoms. The summed E-state index contributed by atoms with van der Waals surface area (Å²) < 4.78 is 33.0. The number of methoxy groups -OCH3 is 1. The van der Waals surface area contributed by atoms with Gasteiger partial charge in [0.1, 0.15) is 10.6 Å². The molecule has 0 spiro atoms. The van der Waals surface area contributed by atoms with E-state index < -0.39 is 10.0 Å². The third-order valence-corrected chi connectivity index (χ3v) is 4.93. The Morgan fingerprint density at radius 2 is 2.05 bits per heavy atom. The predicted molar refractivity (Wildman–Crippen MR) is 90.5 cm³/mol. The first kappa shape index (κ1) is 19.0. The fraction of sp³-hybridized carbons (Fsp3) is 0.467. The van der Waals surface area contributed by atoms with E-state index in [4.69, 9.17) is 4.74 Å². The minimum absolute atomic E-state index is 0. The fourth-order valence-electron chi connectivity index (χ4n) is 2.47. The third kappa shape index (κ3) is 4.46. The molecule has 1 aliphatic heterocycles. The van der Waals surface area contributed by atoms with Crippen LogP contribution in [0.1, 0.15) is 17.5 Å². The number of benzene rings is 1. The van der Waals surface area contributed by atoms with Crippen molar-refractivity contribution in [3.8, 4) is 5.75 Å². The minimum Gasteiger partial charge on any atom is -0.495 e. The maximum absolute atomic E-state index is 12.5. The molecule has 1 aromatic rings. The van der Waals surface area contributed by atoms with Crippen molar-refractivity contribution in [3.63, 3.8) is 0 Å². The van der Waals surface area contributed by atoms with Crippen LogP contribution in [0.4, 0.5) is 0 Å². The van der Waals surface area contributed by atoms with E-state index in [-0.39, 0.29) is 17.3 Å². The monoisotopic (exact) mass is 346 g/mol. The van der Waals surface area contributed by atoms with Gasteiger partial charge in [-0.3, -0.25) is 0 Å². The molecule has 0 saturated carbocycles. The van der Waals surface area contributed by atoms with Crippen molar-refractivity contribution >= 4 is 22.4 Å². The van der Waals surface area contributed by atoms with E-state index in [1.54, 1.807) is 6.07 Å². The number of rotatable bonds is 5. The van der Waals surface area contributed by atoms with Crippen molar-refractivity contribution in [2.24, 2.45) is 0 Å². The molecular formula is C15H23ClN2O3S. The van der Waals surface area contributed by atoms with Crippen molar-refractivity contribution in [3.05, 3.63) is 34.9 Å². The first-order valence-corrected chi connectivity index (χ1v) is 8.46. The second-order valence-corrected chi connectivity index (χ2v) is 6.99. The smallest absolute Gasteiger partial charge is 0.244 e. The fourth-order valence-corrected chi connectivity index (χ4v) is 3.83. The zero-order valence-corrected chi connectivity index (χ0v) is 14.7. The highest BCUT2D eigenvalue weighted by Gasteiger charge is 2.21. The summed E-state index contributed by atoms with van der Waals surface area (Å²) in [5, 5.41) is 3.20. The molecule has 1 aromatic carbocycles. The topological polar surface area (TPSA) is 67.4 Å². The lowest BCUT2D eigenvalue weighted by atomic mass is 10.1. The number of hydrogen-bond acceptors (Lipinski definition) is 4. The van der Waals surface area contributed by atoms with Crippen LogP contribution in [0.5, 0.6) is 5.75 Å². The average Bonchev–Trinajstić information content (AvgIpc) is 2.46. The molecule has 0 atom stereocenters. The standard InChI is InChI=1S/C15H22N2O3S.ClH/c1-11-8-12(2)15(20-3)14(9-11)21(18,19)17-10-13-4-6-16-7-5-13;/h4,8-9,16-17H,5-7,10H2,1-3H3;1H. The maximum Gasteiger partial charge on any atom is 0.244 e. The van der Waals surface area contributed by atoms with E-state index in [0.717, 1.165) is 36.2 Å². The van der Waals surface area contributed by atoms with Crippen LogP contribution in [0.25, 0.3) is 0 Å². The zero-order valence-electron chi connectivity index (χ0n) is 13.1. The normalized spacial score (nSPS) is 15.0. The summed E-state index contributed by atoms with van der Waals surface area (Å²) >= 11 is 0. The van der Waals surface area contributed by atoms with Crippen LogP contribution in [0.2, 0.25) is 0 Å². The molecule has 1 heterocycles. The Bertz CT molecular complexity index is 657. The van der Waals surface area contributed by atoms with Crippen LogP contribution in [0, 0.1) is 13.8 Å². The second-order valence-electron chi connectivity index (χ2n) is 5.25. The van der Waals surface area contributed by atoms with Crippen molar-refractivity contribution in [1.29, 1.82) is 0 Å². The Morgan fingerprint density at radius 1 is 1.32 bits per heavy atom. The molecule has 0 saturated heterocycles. The number of halogens is 1. The first-order chi connectivity index (χ1) is 9.94. The number of nitrogens with one attached hydrogen (secondary N) is 2. The van der Waals surface area contributed by atoms with Gasteiger partial charge >= 0.3 is 0 Å². The van der Waals surface area contributed by atoms with E-state index in [9.17, 15) is 8.42 Å². The van der Waals surface area contributed by atoms with Gasteiger partial charge in [0.2, 0.25) is 10.0 Å². The highest BCUT2D eigenvalue weighted by atomic mass is 35.5. The van der Waals surface area contributed by atoms with Gasteiger partial charge in [0.25, 0.3) is 0 Å². The van der Waals surface area contributed by atoms with Crippen LogP contribution < -0.4 is 14.8 Å².